The summed E-state index contributed by atoms with van der Waals surface area (Å²) in [4.78, 5) is 4.71. The first kappa shape index (κ1) is 9.71. The summed E-state index contributed by atoms with van der Waals surface area (Å²) in [5, 5.41) is 0. The Morgan fingerprint density at radius 2 is 2.06 bits per heavy atom. The summed E-state index contributed by atoms with van der Waals surface area (Å²) in [7, 11) is 1.70. The molecule has 3 heteroatoms. The van der Waals surface area contributed by atoms with Crippen molar-refractivity contribution in [2.24, 2.45) is 0 Å². The Morgan fingerprint density at radius 3 is 2.94 bits per heavy atom. The molecule has 0 atom stereocenters. The third-order valence-corrected chi connectivity index (χ3v) is 3.54. The lowest BCUT2D eigenvalue weighted by Gasteiger charge is -2.02. The molecular weight excluding hydrogens is 224 g/mol. The number of hydrogen-bond donors (Lipinski definition) is 0. The molecule has 1 aliphatic heterocycles. The van der Waals surface area contributed by atoms with Crippen LogP contribution in [0.5, 0.6) is 5.75 Å². The second-order valence-electron chi connectivity index (χ2n) is 4.53. The van der Waals surface area contributed by atoms with Crippen LogP contribution >= 0.6 is 0 Å². The summed E-state index contributed by atoms with van der Waals surface area (Å²) in [5.41, 5.74) is 4.76. The molecule has 88 valence electrons. The number of benzene rings is 2. The van der Waals surface area contributed by atoms with Crippen molar-refractivity contribution in [1.82, 2.24) is 9.55 Å². The van der Waals surface area contributed by atoms with Gasteiger partial charge in [0.2, 0.25) is 0 Å². The van der Waals surface area contributed by atoms with Gasteiger partial charge in [0.1, 0.15) is 11.6 Å². The largest absolute Gasteiger partial charge is 0.497 e. The van der Waals surface area contributed by atoms with Gasteiger partial charge in [0, 0.05) is 5.56 Å². The quantitative estimate of drug-likeness (QED) is 0.508. The Morgan fingerprint density at radius 1 is 1.17 bits per heavy atom. The van der Waals surface area contributed by atoms with Crippen molar-refractivity contribution in [3.63, 3.8) is 0 Å². The monoisotopic (exact) mass is 236 g/mol. The fourth-order valence-corrected chi connectivity index (χ4v) is 2.66. The van der Waals surface area contributed by atoms with Crippen LogP contribution < -0.4 is 4.74 Å². The summed E-state index contributed by atoms with van der Waals surface area (Å²) < 4.78 is 7.54. The molecule has 0 N–H and O–H groups in total. The van der Waals surface area contributed by atoms with Gasteiger partial charge in [-0.2, -0.15) is 0 Å². The summed E-state index contributed by atoms with van der Waals surface area (Å²) in [6.45, 7) is 0.877. The predicted octanol–water partition coefficient (Wildman–Crippen LogP) is 3.07. The minimum Gasteiger partial charge on any atom is -0.497 e. The average molecular weight is 236 g/mol. The van der Waals surface area contributed by atoms with Gasteiger partial charge in [0.05, 0.1) is 24.7 Å². The van der Waals surface area contributed by atoms with E-state index in [1.807, 2.05) is 12.1 Å². The number of fused-ring (bicyclic) bond motifs is 5. The van der Waals surface area contributed by atoms with E-state index in [9.17, 15) is 0 Å². The first-order valence-electron chi connectivity index (χ1n) is 5.99. The number of rotatable bonds is 1. The third kappa shape index (κ3) is 1.16. The second kappa shape index (κ2) is 3.35. The average Bonchev–Trinajstić information content (AvgIpc) is 2.93. The number of imidazole rings is 1. The van der Waals surface area contributed by atoms with Crippen LogP contribution in [0, 0.1) is 0 Å². The van der Waals surface area contributed by atoms with Crippen molar-refractivity contribution in [2.75, 3.05) is 7.11 Å². The van der Waals surface area contributed by atoms with Gasteiger partial charge in [0.15, 0.2) is 0 Å². The van der Waals surface area contributed by atoms with Crippen LogP contribution in [0.4, 0.5) is 0 Å². The number of para-hydroxylation sites is 2. The lowest BCUT2D eigenvalue weighted by atomic mass is 10.1. The second-order valence-corrected chi connectivity index (χ2v) is 4.53. The zero-order valence-electron chi connectivity index (χ0n) is 10.1. The Hall–Kier alpha value is -2.29. The Bertz CT molecular complexity index is 758. The van der Waals surface area contributed by atoms with Gasteiger partial charge in [-0.05, 0) is 35.9 Å². The number of ether oxygens (including phenoxy) is 1. The molecular formula is C15H12N2O. The SMILES string of the molecule is COc1ccc2c(c1)Cn1c-2nc2ccccc21. The maximum Gasteiger partial charge on any atom is 0.141 e. The topological polar surface area (TPSA) is 27.1 Å². The number of nitrogens with zero attached hydrogens (tertiary/aromatic N) is 2. The molecule has 1 aromatic heterocycles. The highest BCUT2D eigenvalue weighted by atomic mass is 16.5. The third-order valence-electron chi connectivity index (χ3n) is 3.54. The van der Waals surface area contributed by atoms with Gasteiger partial charge in [-0.3, -0.25) is 0 Å². The predicted molar refractivity (Wildman–Crippen MR) is 70.8 cm³/mol. The lowest BCUT2D eigenvalue weighted by molar-refractivity contribution is 0.414. The van der Waals surface area contributed by atoms with Gasteiger partial charge in [-0.1, -0.05) is 12.1 Å². The van der Waals surface area contributed by atoms with E-state index >= 15 is 0 Å². The molecule has 0 saturated heterocycles. The molecule has 18 heavy (non-hydrogen) atoms. The molecule has 2 aromatic carbocycles. The normalized spacial score (nSPS) is 12.5. The zero-order chi connectivity index (χ0) is 12.1. The smallest absolute Gasteiger partial charge is 0.141 e. The summed E-state index contributed by atoms with van der Waals surface area (Å²) in [6.07, 6.45) is 0. The van der Waals surface area contributed by atoms with E-state index in [2.05, 4.69) is 34.9 Å². The van der Waals surface area contributed by atoms with Gasteiger partial charge in [-0.15, -0.1) is 0 Å². The minimum atomic E-state index is 0.877. The fraction of sp³-hybridized carbons (Fsp3) is 0.133. The van der Waals surface area contributed by atoms with E-state index in [1.165, 1.54) is 16.6 Å². The number of hydrogen-bond acceptors (Lipinski definition) is 2. The minimum absolute atomic E-state index is 0.877. The zero-order valence-corrected chi connectivity index (χ0v) is 10.1. The molecule has 0 saturated carbocycles. The van der Waals surface area contributed by atoms with E-state index in [4.69, 9.17) is 9.72 Å². The highest BCUT2D eigenvalue weighted by Gasteiger charge is 2.22. The molecule has 3 nitrogen and oxygen atoms in total. The maximum atomic E-state index is 5.27. The highest BCUT2D eigenvalue weighted by Crippen LogP contribution is 2.36. The Labute approximate surface area is 105 Å². The Kier molecular flexibility index (Phi) is 1.81. The van der Waals surface area contributed by atoms with E-state index in [1.54, 1.807) is 7.11 Å². The maximum absolute atomic E-state index is 5.27. The number of aromatic nitrogens is 2. The number of methoxy groups -OCH3 is 1. The molecule has 0 fully saturated rings. The van der Waals surface area contributed by atoms with Gasteiger partial charge in [-0.25, -0.2) is 4.98 Å². The van der Waals surface area contributed by atoms with Crippen LogP contribution in [0.2, 0.25) is 0 Å². The standard InChI is InChI=1S/C15H12N2O/c1-18-11-6-7-12-10(8-11)9-17-14-5-3-2-4-13(14)16-15(12)17/h2-8H,9H2,1H3. The molecule has 3 aromatic rings. The van der Waals surface area contributed by atoms with E-state index in [-0.39, 0.29) is 0 Å². The molecule has 1 aliphatic rings. The molecule has 4 rings (SSSR count). The first-order valence-corrected chi connectivity index (χ1v) is 5.99. The van der Waals surface area contributed by atoms with Gasteiger partial charge < -0.3 is 9.30 Å². The molecule has 0 bridgehead atoms. The van der Waals surface area contributed by atoms with Crippen LogP contribution in [0.3, 0.4) is 0 Å². The van der Waals surface area contributed by atoms with Crippen molar-refractivity contribution >= 4 is 11.0 Å². The molecule has 0 amide bonds. The van der Waals surface area contributed by atoms with Crippen LogP contribution in [-0.2, 0) is 6.54 Å². The highest BCUT2D eigenvalue weighted by molar-refractivity contribution is 5.83. The summed E-state index contributed by atoms with van der Waals surface area (Å²) in [5.74, 6) is 1.97. The van der Waals surface area contributed by atoms with Crippen LogP contribution in [0.15, 0.2) is 42.5 Å². The molecule has 2 heterocycles. The van der Waals surface area contributed by atoms with Crippen LogP contribution in [-0.4, -0.2) is 16.7 Å². The first-order chi connectivity index (χ1) is 8.86. The van der Waals surface area contributed by atoms with Crippen molar-refractivity contribution in [2.45, 2.75) is 6.54 Å². The molecule has 0 aliphatic carbocycles. The van der Waals surface area contributed by atoms with Crippen LogP contribution in [0.1, 0.15) is 5.56 Å². The van der Waals surface area contributed by atoms with E-state index < -0.39 is 0 Å². The van der Waals surface area contributed by atoms with Gasteiger partial charge in [0.25, 0.3) is 0 Å². The van der Waals surface area contributed by atoms with E-state index in [0.717, 1.165) is 23.6 Å². The molecule has 0 unspecified atom stereocenters. The lowest BCUT2D eigenvalue weighted by Crippen LogP contribution is -1.92. The summed E-state index contributed by atoms with van der Waals surface area (Å²) >= 11 is 0. The molecule has 0 radical (unpaired) electrons. The van der Waals surface area contributed by atoms with Crippen molar-refractivity contribution in [1.29, 1.82) is 0 Å². The Balaban J connectivity index is 1.98. The van der Waals surface area contributed by atoms with Gasteiger partial charge >= 0.3 is 0 Å². The fourth-order valence-electron chi connectivity index (χ4n) is 2.66. The summed E-state index contributed by atoms with van der Waals surface area (Å²) in [6, 6.07) is 14.4. The van der Waals surface area contributed by atoms with Crippen LogP contribution in [0.25, 0.3) is 22.4 Å². The van der Waals surface area contributed by atoms with Crippen molar-refractivity contribution in [3.05, 3.63) is 48.0 Å². The molecule has 0 spiro atoms. The van der Waals surface area contributed by atoms with Crippen molar-refractivity contribution in [3.8, 4) is 17.1 Å². The van der Waals surface area contributed by atoms with Crippen molar-refractivity contribution < 1.29 is 4.74 Å². The van der Waals surface area contributed by atoms with E-state index in [0.29, 0.717) is 0 Å².